The van der Waals surface area contributed by atoms with E-state index in [0.29, 0.717) is 5.15 Å². The van der Waals surface area contributed by atoms with E-state index in [0.717, 1.165) is 22.4 Å². The summed E-state index contributed by atoms with van der Waals surface area (Å²) in [6, 6.07) is 7.50. The second-order valence-electron chi connectivity index (χ2n) is 3.32. The smallest absolute Gasteiger partial charge is 0.142 e. The second-order valence-corrected chi connectivity index (χ2v) is 3.72. The van der Waals surface area contributed by atoms with Crippen molar-refractivity contribution in [3.63, 3.8) is 0 Å². The van der Waals surface area contributed by atoms with Gasteiger partial charge in [0.25, 0.3) is 0 Å². The van der Waals surface area contributed by atoms with Crippen LogP contribution in [0.15, 0.2) is 36.8 Å². The Bertz CT molecular complexity index is 633. The van der Waals surface area contributed by atoms with Crippen LogP contribution in [0.4, 0.5) is 0 Å². The maximum atomic E-state index is 5.90. The molecule has 16 heavy (non-hydrogen) atoms. The standard InChI is InChI=1S/C11H7ClN4/c12-9-5-7-10(8-3-1-2-4-13-8)14-6-15-11(7)16-9/h1-6H,(H,14,15,16). The van der Waals surface area contributed by atoms with Crippen LogP contribution >= 0.6 is 11.6 Å². The van der Waals surface area contributed by atoms with Crippen molar-refractivity contribution in [1.29, 1.82) is 0 Å². The largest absolute Gasteiger partial charge is 0.330 e. The highest BCUT2D eigenvalue weighted by atomic mass is 35.5. The first-order valence-corrected chi connectivity index (χ1v) is 5.13. The molecule has 0 amide bonds. The normalized spacial score (nSPS) is 10.8. The predicted molar refractivity (Wildman–Crippen MR) is 62.1 cm³/mol. The number of nitrogens with one attached hydrogen (secondary N) is 1. The van der Waals surface area contributed by atoms with Crippen molar-refractivity contribution >= 4 is 22.6 Å². The Balaban J connectivity index is 2.31. The van der Waals surface area contributed by atoms with Crippen LogP contribution in [0.3, 0.4) is 0 Å². The number of hydrogen-bond donors (Lipinski definition) is 1. The van der Waals surface area contributed by atoms with Gasteiger partial charge in [-0.3, -0.25) is 4.98 Å². The third kappa shape index (κ3) is 1.44. The zero-order valence-electron chi connectivity index (χ0n) is 8.18. The molecule has 1 N–H and O–H groups in total. The molecule has 0 atom stereocenters. The number of rotatable bonds is 1. The lowest BCUT2D eigenvalue weighted by molar-refractivity contribution is 1.18. The molecule has 0 saturated carbocycles. The van der Waals surface area contributed by atoms with Gasteiger partial charge in [0.2, 0.25) is 0 Å². The van der Waals surface area contributed by atoms with Gasteiger partial charge < -0.3 is 4.98 Å². The number of pyridine rings is 1. The molecule has 0 aliphatic carbocycles. The SMILES string of the molecule is Clc1cc2c(-c3ccccn3)ncnc2[nH]1. The third-order valence-corrected chi connectivity index (χ3v) is 2.50. The van der Waals surface area contributed by atoms with Gasteiger partial charge in [0.05, 0.1) is 5.69 Å². The van der Waals surface area contributed by atoms with Crippen LogP contribution in [0.2, 0.25) is 5.15 Å². The van der Waals surface area contributed by atoms with E-state index in [1.165, 1.54) is 6.33 Å². The average Bonchev–Trinajstić information content (AvgIpc) is 2.70. The lowest BCUT2D eigenvalue weighted by atomic mass is 10.2. The highest BCUT2D eigenvalue weighted by molar-refractivity contribution is 6.30. The van der Waals surface area contributed by atoms with Crippen LogP contribution in [0.5, 0.6) is 0 Å². The molecule has 0 bridgehead atoms. The maximum Gasteiger partial charge on any atom is 0.142 e. The van der Waals surface area contributed by atoms with Gasteiger partial charge in [0.15, 0.2) is 0 Å². The highest BCUT2D eigenvalue weighted by Crippen LogP contribution is 2.25. The predicted octanol–water partition coefficient (Wildman–Crippen LogP) is 2.67. The molecule has 0 aliphatic heterocycles. The van der Waals surface area contributed by atoms with E-state index in [1.54, 1.807) is 12.3 Å². The van der Waals surface area contributed by atoms with Gasteiger partial charge in [0, 0.05) is 11.6 Å². The van der Waals surface area contributed by atoms with Gasteiger partial charge in [-0.2, -0.15) is 0 Å². The third-order valence-electron chi connectivity index (χ3n) is 2.30. The second kappa shape index (κ2) is 3.57. The lowest BCUT2D eigenvalue weighted by Crippen LogP contribution is -1.88. The first kappa shape index (κ1) is 9.30. The molecule has 0 saturated heterocycles. The number of fused-ring (bicyclic) bond motifs is 1. The number of aromatic amines is 1. The Morgan fingerprint density at radius 3 is 2.88 bits per heavy atom. The molecule has 0 spiro atoms. The summed E-state index contributed by atoms with van der Waals surface area (Å²) in [5.74, 6) is 0. The monoisotopic (exact) mass is 230 g/mol. The summed E-state index contributed by atoms with van der Waals surface area (Å²) in [5.41, 5.74) is 2.32. The highest BCUT2D eigenvalue weighted by Gasteiger charge is 2.09. The Kier molecular flexibility index (Phi) is 2.08. The summed E-state index contributed by atoms with van der Waals surface area (Å²) in [4.78, 5) is 15.6. The molecule has 3 heterocycles. The zero-order valence-corrected chi connectivity index (χ0v) is 8.94. The van der Waals surface area contributed by atoms with Crippen LogP contribution in [0.1, 0.15) is 0 Å². The molecule has 78 valence electrons. The molecule has 0 aromatic carbocycles. The average molecular weight is 231 g/mol. The number of H-pyrrole nitrogens is 1. The van der Waals surface area contributed by atoms with Crippen molar-refractivity contribution < 1.29 is 0 Å². The van der Waals surface area contributed by atoms with Gasteiger partial charge in [0.1, 0.15) is 22.8 Å². The fourth-order valence-electron chi connectivity index (χ4n) is 1.61. The van der Waals surface area contributed by atoms with E-state index in [4.69, 9.17) is 11.6 Å². The van der Waals surface area contributed by atoms with Crippen LogP contribution in [-0.4, -0.2) is 19.9 Å². The minimum Gasteiger partial charge on any atom is -0.330 e. The summed E-state index contributed by atoms with van der Waals surface area (Å²) in [5, 5.41) is 1.43. The van der Waals surface area contributed by atoms with Gasteiger partial charge in [-0.1, -0.05) is 17.7 Å². The molecular weight excluding hydrogens is 224 g/mol. The molecule has 0 aliphatic rings. The van der Waals surface area contributed by atoms with Gasteiger partial charge in [-0.15, -0.1) is 0 Å². The van der Waals surface area contributed by atoms with Crippen LogP contribution < -0.4 is 0 Å². The fourth-order valence-corrected chi connectivity index (χ4v) is 1.81. The van der Waals surface area contributed by atoms with Gasteiger partial charge in [-0.05, 0) is 18.2 Å². The van der Waals surface area contributed by atoms with Crippen molar-refractivity contribution in [2.45, 2.75) is 0 Å². The van der Waals surface area contributed by atoms with Gasteiger partial charge in [-0.25, -0.2) is 9.97 Å². The first-order chi connectivity index (χ1) is 7.84. The van der Waals surface area contributed by atoms with Crippen molar-refractivity contribution in [2.24, 2.45) is 0 Å². The van der Waals surface area contributed by atoms with E-state index in [2.05, 4.69) is 19.9 Å². The fraction of sp³-hybridized carbons (Fsp3) is 0. The number of halogens is 1. The quantitative estimate of drug-likeness (QED) is 0.699. The molecule has 3 aromatic heterocycles. The Labute approximate surface area is 96.3 Å². The molecule has 0 radical (unpaired) electrons. The summed E-state index contributed by atoms with van der Waals surface area (Å²) in [7, 11) is 0. The summed E-state index contributed by atoms with van der Waals surface area (Å²) >= 11 is 5.90. The van der Waals surface area contributed by atoms with Crippen molar-refractivity contribution in [1.82, 2.24) is 19.9 Å². The Hall–Kier alpha value is -1.94. The van der Waals surface area contributed by atoms with Crippen molar-refractivity contribution in [3.8, 4) is 11.4 Å². The molecular formula is C11H7ClN4. The minimum absolute atomic E-state index is 0.549. The van der Waals surface area contributed by atoms with Crippen LogP contribution in [0, 0.1) is 0 Å². The van der Waals surface area contributed by atoms with Crippen molar-refractivity contribution in [3.05, 3.63) is 41.9 Å². The van der Waals surface area contributed by atoms with E-state index < -0.39 is 0 Å². The lowest BCUT2D eigenvalue weighted by Gasteiger charge is -1.99. The molecule has 5 heteroatoms. The topological polar surface area (TPSA) is 54.5 Å². The minimum atomic E-state index is 0.549. The van der Waals surface area contributed by atoms with E-state index >= 15 is 0 Å². The molecule has 4 nitrogen and oxygen atoms in total. The molecule has 3 rings (SSSR count). The Morgan fingerprint density at radius 2 is 2.06 bits per heavy atom. The number of hydrogen-bond acceptors (Lipinski definition) is 3. The number of nitrogens with zero attached hydrogens (tertiary/aromatic N) is 3. The molecule has 0 fully saturated rings. The Morgan fingerprint density at radius 1 is 1.12 bits per heavy atom. The number of aromatic nitrogens is 4. The van der Waals surface area contributed by atoms with E-state index in [-0.39, 0.29) is 0 Å². The summed E-state index contributed by atoms with van der Waals surface area (Å²) in [6.45, 7) is 0. The molecule has 0 unspecified atom stereocenters. The van der Waals surface area contributed by atoms with Crippen LogP contribution in [-0.2, 0) is 0 Å². The molecule has 3 aromatic rings. The summed E-state index contributed by atoms with van der Waals surface area (Å²) in [6.07, 6.45) is 3.23. The maximum absolute atomic E-state index is 5.90. The first-order valence-electron chi connectivity index (χ1n) is 4.75. The van der Waals surface area contributed by atoms with E-state index in [9.17, 15) is 0 Å². The van der Waals surface area contributed by atoms with Crippen LogP contribution in [0.25, 0.3) is 22.4 Å². The summed E-state index contributed by atoms with van der Waals surface area (Å²) < 4.78 is 0. The van der Waals surface area contributed by atoms with Crippen molar-refractivity contribution in [2.75, 3.05) is 0 Å². The van der Waals surface area contributed by atoms with Gasteiger partial charge >= 0.3 is 0 Å². The van der Waals surface area contributed by atoms with E-state index in [1.807, 2.05) is 18.2 Å². The zero-order chi connectivity index (χ0) is 11.0.